The van der Waals surface area contributed by atoms with Gasteiger partial charge in [-0.2, -0.15) is 0 Å². The summed E-state index contributed by atoms with van der Waals surface area (Å²) in [6.45, 7) is 0. The standard InChI is InChI=1S/C14H8N4O5S2/c19-13(8-1-3-9(4-2-8)17(20)21)16-14-15-11(7-25-14)12-5-10(6-24-12)18(22)23/h1-7H,(H,15,16,19). The second kappa shape index (κ2) is 6.75. The van der Waals surface area contributed by atoms with E-state index in [1.165, 1.54) is 58.4 Å². The highest BCUT2D eigenvalue weighted by atomic mass is 32.1. The van der Waals surface area contributed by atoms with Crippen molar-refractivity contribution in [2.75, 3.05) is 5.32 Å². The van der Waals surface area contributed by atoms with Gasteiger partial charge in [-0.05, 0) is 12.1 Å². The number of amides is 1. The maximum absolute atomic E-state index is 12.1. The Morgan fingerprint density at radius 1 is 1.00 bits per heavy atom. The fourth-order valence-corrected chi connectivity index (χ4v) is 3.50. The minimum Gasteiger partial charge on any atom is -0.298 e. The van der Waals surface area contributed by atoms with Gasteiger partial charge >= 0.3 is 0 Å². The Morgan fingerprint density at radius 2 is 1.68 bits per heavy atom. The highest BCUT2D eigenvalue weighted by Gasteiger charge is 2.15. The maximum Gasteiger partial charge on any atom is 0.280 e. The number of thiazole rings is 1. The first-order valence-corrected chi connectivity index (χ1v) is 8.44. The minimum atomic E-state index is -0.547. The highest BCUT2D eigenvalue weighted by molar-refractivity contribution is 7.16. The number of anilines is 1. The van der Waals surface area contributed by atoms with Crippen LogP contribution in [0.5, 0.6) is 0 Å². The van der Waals surface area contributed by atoms with Crippen molar-refractivity contribution in [3.8, 4) is 10.6 Å². The number of nitrogens with zero attached hydrogens (tertiary/aromatic N) is 3. The number of nitro benzene ring substituents is 1. The van der Waals surface area contributed by atoms with E-state index in [0.29, 0.717) is 15.7 Å². The summed E-state index contributed by atoms with van der Waals surface area (Å²) in [4.78, 5) is 37.3. The smallest absolute Gasteiger partial charge is 0.280 e. The van der Waals surface area contributed by atoms with Gasteiger partial charge < -0.3 is 0 Å². The first kappa shape index (κ1) is 16.7. The summed E-state index contributed by atoms with van der Waals surface area (Å²) in [6.07, 6.45) is 0. The fourth-order valence-electron chi connectivity index (χ4n) is 1.90. The van der Waals surface area contributed by atoms with Gasteiger partial charge in [0.2, 0.25) is 0 Å². The molecule has 0 radical (unpaired) electrons. The van der Waals surface area contributed by atoms with Crippen LogP contribution in [0.25, 0.3) is 10.6 Å². The Bertz CT molecular complexity index is 964. The van der Waals surface area contributed by atoms with Gasteiger partial charge in [-0.15, -0.1) is 22.7 Å². The molecule has 0 unspecified atom stereocenters. The van der Waals surface area contributed by atoms with Crippen molar-refractivity contribution in [2.45, 2.75) is 0 Å². The molecule has 0 aliphatic rings. The number of benzene rings is 1. The molecule has 11 heteroatoms. The average molecular weight is 376 g/mol. The van der Waals surface area contributed by atoms with Crippen LogP contribution in [0.15, 0.2) is 41.1 Å². The van der Waals surface area contributed by atoms with Crippen LogP contribution in [0.4, 0.5) is 16.5 Å². The van der Waals surface area contributed by atoms with Gasteiger partial charge in [-0.1, -0.05) is 0 Å². The molecule has 0 saturated heterocycles. The van der Waals surface area contributed by atoms with Crippen LogP contribution in [0.2, 0.25) is 0 Å². The molecular weight excluding hydrogens is 368 g/mol. The molecule has 3 rings (SSSR count). The molecule has 0 aliphatic carbocycles. The minimum absolute atomic E-state index is 0.00975. The van der Waals surface area contributed by atoms with E-state index in [1.54, 1.807) is 5.38 Å². The van der Waals surface area contributed by atoms with Crippen molar-refractivity contribution in [1.82, 2.24) is 4.98 Å². The van der Waals surface area contributed by atoms with Gasteiger partial charge in [0.15, 0.2) is 5.13 Å². The van der Waals surface area contributed by atoms with Gasteiger partial charge in [0.1, 0.15) is 0 Å². The number of nitrogens with one attached hydrogen (secondary N) is 1. The van der Waals surface area contributed by atoms with Gasteiger partial charge in [0, 0.05) is 29.1 Å². The van der Waals surface area contributed by atoms with Crippen molar-refractivity contribution in [3.05, 3.63) is 66.9 Å². The summed E-state index contributed by atoms with van der Waals surface area (Å²) in [5.41, 5.74) is 0.674. The molecule has 1 aromatic carbocycles. The molecule has 1 N–H and O–H groups in total. The number of hydrogen-bond acceptors (Lipinski definition) is 8. The third-order valence-corrected chi connectivity index (χ3v) is 4.81. The zero-order valence-electron chi connectivity index (χ0n) is 12.2. The molecule has 2 aromatic heterocycles. The zero-order valence-corrected chi connectivity index (χ0v) is 13.9. The van der Waals surface area contributed by atoms with Crippen LogP contribution in [0, 0.1) is 20.2 Å². The summed E-state index contributed by atoms with van der Waals surface area (Å²) in [6, 6.07) is 6.61. The molecule has 0 fully saturated rings. The molecule has 126 valence electrons. The fraction of sp³-hybridized carbons (Fsp3) is 0. The lowest BCUT2D eigenvalue weighted by Gasteiger charge is -2.01. The van der Waals surface area contributed by atoms with Crippen molar-refractivity contribution in [2.24, 2.45) is 0 Å². The molecule has 0 saturated carbocycles. The van der Waals surface area contributed by atoms with Gasteiger partial charge in [0.25, 0.3) is 17.3 Å². The second-order valence-electron chi connectivity index (χ2n) is 4.72. The number of carbonyl (C=O) groups excluding carboxylic acids is 1. The third kappa shape index (κ3) is 3.67. The van der Waals surface area contributed by atoms with Gasteiger partial charge in [0.05, 0.1) is 25.8 Å². The summed E-state index contributed by atoms with van der Waals surface area (Å²) in [5.74, 6) is -0.451. The summed E-state index contributed by atoms with van der Waals surface area (Å²) >= 11 is 2.37. The molecule has 3 aromatic rings. The molecule has 9 nitrogen and oxygen atoms in total. The number of nitro groups is 2. The Labute approximate surface area is 147 Å². The predicted octanol–water partition coefficient (Wildman–Crippen LogP) is 3.94. The summed E-state index contributed by atoms with van der Waals surface area (Å²) in [5, 5.41) is 27.4. The van der Waals surface area contributed by atoms with E-state index < -0.39 is 15.8 Å². The van der Waals surface area contributed by atoms with E-state index in [-0.39, 0.29) is 16.9 Å². The Balaban J connectivity index is 1.73. The topological polar surface area (TPSA) is 128 Å². The lowest BCUT2D eigenvalue weighted by Crippen LogP contribution is -2.11. The van der Waals surface area contributed by atoms with E-state index >= 15 is 0 Å². The number of non-ortho nitro benzene ring substituents is 1. The van der Waals surface area contributed by atoms with E-state index in [1.807, 2.05) is 0 Å². The molecule has 0 bridgehead atoms. The number of rotatable bonds is 5. The molecule has 0 spiro atoms. The normalized spacial score (nSPS) is 10.4. The van der Waals surface area contributed by atoms with E-state index in [4.69, 9.17) is 0 Å². The quantitative estimate of drug-likeness (QED) is 0.530. The second-order valence-corrected chi connectivity index (χ2v) is 6.49. The van der Waals surface area contributed by atoms with Crippen LogP contribution in [-0.2, 0) is 0 Å². The van der Waals surface area contributed by atoms with Crippen molar-refractivity contribution >= 4 is 45.1 Å². The predicted molar refractivity (Wildman–Crippen MR) is 93.1 cm³/mol. The first-order chi connectivity index (χ1) is 11.9. The lowest BCUT2D eigenvalue weighted by atomic mass is 10.2. The Morgan fingerprint density at radius 3 is 2.28 bits per heavy atom. The molecule has 2 heterocycles. The molecular formula is C14H8N4O5S2. The SMILES string of the molecule is O=C(Nc1nc(-c2cc([N+](=O)[O-])cs2)cs1)c1ccc([N+](=O)[O-])cc1. The molecule has 0 atom stereocenters. The van der Waals surface area contributed by atoms with Gasteiger partial charge in [-0.3, -0.25) is 30.3 Å². The summed E-state index contributed by atoms with van der Waals surface area (Å²) in [7, 11) is 0. The number of thiophene rings is 1. The van der Waals surface area contributed by atoms with Crippen LogP contribution >= 0.6 is 22.7 Å². The third-order valence-electron chi connectivity index (χ3n) is 3.11. The van der Waals surface area contributed by atoms with Crippen molar-refractivity contribution in [3.63, 3.8) is 0 Å². The van der Waals surface area contributed by atoms with Crippen LogP contribution in [0.3, 0.4) is 0 Å². The van der Waals surface area contributed by atoms with Gasteiger partial charge in [-0.25, -0.2) is 4.98 Å². The number of hydrogen-bond donors (Lipinski definition) is 1. The average Bonchev–Trinajstić information content (AvgIpc) is 3.23. The Kier molecular flexibility index (Phi) is 4.50. The maximum atomic E-state index is 12.1. The largest absolute Gasteiger partial charge is 0.298 e. The van der Waals surface area contributed by atoms with Crippen molar-refractivity contribution < 1.29 is 14.6 Å². The number of aromatic nitrogens is 1. The zero-order chi connectivity index (χ0) is 18.0. The monoisotopic (exact) mass is 376 g/mol. The molecule has 25 heavy (non-hydrogen) atoms. The number of carbonyl (C=O) groups is 1. The highest BCUT2D eigenvalue weighted by Crippen LogP contribution is 2.33. The van der Waals surface area contributed by atoms with Crippen LogP contribution < -0.4 is 5.32 Å². The molecule has 0 aliphatic heterocycles. The first-order valence-electron chi connectivity index (χ1n) is 6.68. The van der Waals surface area contributed by atoms with Crippen LogP contribution in [-0.4, -0.2) is 20.7 Å². The molecule has 1 amide bonds. The Hall–Kier alpha value is -3.18. The summed E-state index contributed by atoms with van der Waals surface area (Å²) < 4.78 is 0. The van der Waals surface area contributed by atoms with Crippen LogP contribution in [0.1, 0.15) is 10.4 Å². The van der Waals surface area contributed by atoms with E-state index in [2.05, 4.69) is 10.3 Å². The van der Waals surface area contributed by atoms with Crippen molar-refractivity contribution in [1.29, 1.82) is 0 Å². The van der Waals surface area contributed by atoms with E-state index in [9.17, 15) is 25.0 Å². The lowest BCUT2D eigenvalue weighted by molar-refractivity contribution is -0.384. The van der Waals surface area contributed by atoms with E-state index in [0.717, 1.165) is 0 Å².